The van der Waals surface area contributed by atoms with Gasteiger partial charge in [-0.15, -0.1) is 0 Å². The van der Waals surface area contributed by atoms with Gasteiger partial charge < -0.3 is 10.6 Å². The number of hydrogen-bond donors (Lipinski definition) is 2. The van der Waals surface area contributed by atoms with Crippen LogP contribution in [-0.2, 0) is 19.0 Å². The van der Waals surface area contributed by atoms with Crippen LogP contribution >= 0.6 is 0 Å². The Kier molecular flexibility index (Phi) is 4.80. The molecule has 6 nitrogen and oxygen atoms in total. The number of nitrogens with one attached hydrogen (secondary N) is 2. The normalized spacial score (nSPS) is 13.1. The molecule has 1 aliphatic rings. The van der Waals surface area contributed by atoms with Crippen LogP contribution in [0.25, 0.3) is 5.65 Å². The maximum Gasteiger partial charge on any atom is 0.416 e. The second-order valence-corrected chi connectivity index (χ2v) is 7.61. The van der Waals surface area contributed by atoms with Gasteiger partial charge in [0.05, 0.1) is 11.8 Å². The molecule has 0 saturated carbocycles. The first kappa shape index (κ1) is 20.0. The number of aromatic nitrogens is 3. The predicted molar refractivity (Wildman–Crippen MR) is 114 cm³/mol. The Balaban J connectivity index is 1.50. The summed E-state index contributed by atoms with van der Waals surface area (Å²) in [6, 6.07) is 10.8. The molecule has 2 aromatic carbocycles. The van der Waals surface area contributed by atoms with E-state index < -0.39 is 17.6 Å². The molecular weight excluding hydrogens is 419 g/mol. The summed E-state index contributed by atoms with van der Waals surface area (Å²) in [5, 5.41) is 9.96. The van der Waals surface area contributed by atoms with E-state index in [1.807, 2.05) is 6.07 Å². The molecule has 0 saturated heterocycles. The lowest BCUT2D eigenvalue weighted by molar-refractivity contribution is -0.138. The third-order valence-corrected chi connectivity index (χ3v) is 5.49. The highest BCUT2D eigenvalue weighted by atomic mass is 19.4. The van der Waals surface area contributed by atoms with Gasteiger partial charge in [-0.1, -0.05) is 12.1 Å². The third kappa shape index (κ3) is 3.77. The molecule has 0 unspecified atom stereocenters. The summed E-state index contributed by atoms with van der Waals surface area (Å²) >= 11 is 0. The minimum absolute atomic E-state index is 0.0269. The zero-order chi connectivity index (χ0) is 22.3. The number of anilines is 2. The van der Waals surface area contributed by atoms with Gasteiger partial charge in [0.25, 0.3) is 5.91 Å². The lowest BCUT2D eigenvalue weighted by Crippen LogP contribution is -2.17. The summed E-state index contributed by atoms with van der Waals surface area (Å²) in [5.41, 5.74) is 2.78. The highest BCUT2D eigenvalue weighted by Gasteiger charge is 2.34. The summed E-state index contributed by atoms with van der Waals surface area (Å²) in [7, 11) is 0. The number of nitrogens with zero attached hydrogens (tertiary/aromatic N) is 3. The maximum atomic E-state index is 13.8. The van der Waals surface area contributed by atoms with Crippen molar-refractivity contribution in [2.24, 2.45) is 0 Å². The standard InChI is InChI=1S/C23H18F3N5O/c24-23(25,26)18-2-1-3-19(17(18)10-14-12-28-21-7-9-29-31(21)13-14)30-22(32)16-5-4-15-6-8-27-20(15)11-16/h1-5,7,9,11-13,27H,6,8,10H2,(H,30,32). The zero-order valence-corrected chi connectivity index (χ0v) is 16.8. The number of alkyl halides is 3. The molecule has 4 aromatic rings. The molecular formula is C23H18F3N5O. The average Bonchev–Trinajstić information content (AvgIpc) is 3.42. The number of halogens is 3. The van der Waals surface area contributed by atoms with Crippen LogP contribution in [0.1, 0.15) is 32.6 Å². The summed E-state index contributed by atoms with van der Waals surface area (Å²) in [6.07, 6.45) is 0.947. The fourth-order valence-corrected chi connectivity index (χ4v) is 3.93. The topological polar surface area (TPSA) is 71.3 Å². The van der Waals surface area contributed by atoms with Crippen LogP contribution in [0.3, 0.4) is 0 Å². The first-order chi connectivity index (χ1) is 15.4. The van der Waals surface area contributed by atoms with E-state index in [-0.39, 0.29) is 17.7 Å². The fourth-order valence-electron chi connectivity index (χ4n) is 3.93. The Morgan fingerprint density at radius 3 is 2.91 bits per heavy atom. The highest BCUT2D eigenvalue weighted by molar-refractivity contribution is 6.05. The molecule has 9 heteroatoms. The van der Waals surface area contributed by atoms with Crippen LogP contribution < -0.4 is 10.6 Å². The van der Waals surface area contributed by atoms with Gasteiger partial charge in [-0.3, -0.25) is 4.79 Å². The van der Waals surface area contributed by atoms with E-state index in [0.29, 0.717) is 16.8 Å². The number of carbonyl (C=O) groups is 1. The Morgan fingerprint density at radius 2 is 2.06 bits per heavy atom. The number of amides is 1. The van der Waals surface area contributed by atoms with Gasteiger partial charge in [0.1, 0.15) is 0 Å². The molecule has 0 bridgehead atoms. The molecule has 0 fully saturated rings. The number of hydrogen-bond acceptors (Lipinski definition) is 4. The molecule has 32 heavy (non-hydrogen) atoms. The summed E-state index contributed by atoms with van der Waals surface area (Å²) in [4.78, 5) is 17.1. The first-order valence-corrected chi connectivity index (χ1v) is 10.0. The monoisotopic (exact) mass is 437 g/mol. The fraction of sp³-hybridized carbons (Fsp3) is 0.174. The Labute approximate surface area is 181 Å². The molecule has 1 amide bonds. The van der Waals surface area contributed by atoms with Gasteiger partial charge in [0, 0.05) is 48.4 Å². The largest absolute Gasteiger partial charge is 0.416 e. The second kappa shape index (κ2) is 7.67. The molecule has 162 valence electrons. The van der Waals surface area contributed by atoms with E-state index in [9.17, 15) is 18.0 Å². The highest BCUT2D eigenvalue weighted by Crippen LogP contribution is 2.36. The SMILES string of the molecule is O=C(Nc1cccc(C(F)(F)F)c1Cc1cnc2ccnn2c1)c1ccc2c(c1)NCC2. The molecule has 1 aliphatic heterocycles. The Morgan fingerprint density at radius 1 is 1.19 bits per heavy atom. The predicted octanol–water partition coefficient (Wildman–Crippen LogP) is 4.56. The molecule has 2 N–H and O–H groups in total. The van der Waals surface area contributed by atoms with Crippen molar-refractivity contribution in [3.8, 4) is 0 Å². The van der Waals surface area contributed by atoms with Gasteiger partial charge >= 0.3 is 6.18 Å². The minimum atomic E-state index is -4.57. The molecule has 0 atom stereocenters. The van der Waals surface area contributed by atoms with E-state index in [1.165, 1.54) is 22.8 Å². The molecule has 2 aromatic heterocycles. The maximum absolute atomic E-state index is 13.8. The number of carbonyl (C=O) groups excluding carboxylic acids is 1. The van der Waals surface area contributed by atoms with Crippen LogP contribution in [0.5, 0.6) is 0 Å². The van der Waals surface area contributed by atoms with Crippen LogP contribution in [-0.4, -0.2) is 27.0 Å². The minimum Gasteiger partial charge on any atom is -0.384 e. The molecule has 5 rings (SSSR count). The van der Waals surface area contributed by atoms with Gasteiger partial charge in [-0.05, 0) is 47.4 Å². The molecule has 0 aliphatic carbocycles. The number of rotatable bonds is 4. The summed E-state index contributed by atoms with van der Waals surface area (Å²) in [6.45, 7) is 0.798. The van der Waals surface area contributed by atoms with Gasteiger partial charge in [0.2, 0.25) is 0 Å². The smallest absolute Gasteiger partial charge is 0.384 e. The first-order valence-electron chi connectivity index (χ1n) is 10.0. The number of benzene rings is 2. The van der Waals surface area contributed by atoms with Gasteiger partial charge in [-0.25, -0.2) is 9.50 Å². The lowest BCUT2D eigenvalue weighted by atomic mass is 9.98. The van der Waals surface area contributed by atoms with Crippen molar-refractivity contribution in [1.82, 2.24) is 14.6 Å². The van der Waals surface area contributed by atoms with E-state index in [0.717, 1.165) is 30.3 Å². The summed E-state index contributed by atoms with van der Waals surface area (Å²) in [5.74, 6) is -0.470. The van der Waals surface area contributed by atoms with Crippen molar-refractivity contribution in [2.45, 2.75) is 19.0 Å². The Bertz CT molecular complexity index is 1330. The molecule has 0 radical (unpaired) electrons. The third-order valence-electron chi connectivity index (χ3n) is 5.49. The quantitative estimate of drug-likeness (QED) is 0.491. The second-order valence-electron chi connectivity index (χ2n) is 7.61. The molecule has 0 spiro atoms. The van der Waals surface area contributed by atoms with Crippen molar-refractivity contribution in [3.05, 3.63) is 88.9 Å². The van der Waals surface area contributed by atoms with E-state index in [1.54, 1.807) is 30.6 Å². The van der Waals surface area contributed by atoms with Crippen LogP contribution in [0.4, 0.5) is 24.5 Å². The van der Waals surface area contributed by atoms with E-state index >= 15 is 0 Å². The van der Waals surface area contributed by atoms with Crippen molar-refractivity contribution in [1.29, 1.82) is 0 Å². The Hall–Kier alpha value is -3.88. The average molecular weight is 437 g/mol. The van der Waals surface area contributed by atoms with Gasteiger partial charge in [-0.2, -0.15) is 18.3 Å². The van der Waals surface area contributed by atoms with E-state index in [4.69, 9.17) is 0 Å². The lowest BCUT2D eigenvalue weighted by Gasteiger charge is -2.18. The van der Waals surface area contributed by atoms with Crippen molar-refractivity contribution in [2.75, 3.05) is 17.2 Å². The zero-order valence-electron chi connectivity index (χ0n) is 16.8. The van der Waals surface area contributed by atoms with Crippen LogP contribution in [0.15, 0.2) is 61.1 Å². The van der Waals surface area contributed by atoms with Crippen LogP contribution in [0.2, 0.25) is 0 Å². The van der Waals surface area contributed by atoms with Crippen molar-refractivity contribution >= 4 is 22.9 Å². The molecule has 3 heterocycles. The number of fused-ring (bicyclic) bond motifs is 2. The van der Waals surface area contributed by atoms with Gasteiger partial charge in [0.15, 0.2) is 5.65 Å². The van der Waals surface area contributed by atoms with Crippen molar-refractivity contribution in [3.63, 3.8) is 0 Å². The van der Waals surface area contributed by atoms with E-state index in [2.05, 4.69) is 20.7 Å². The van der Waals surface area contributed by atoms with Crippen molar-refractivity contribution < 1.29 is 18.0 Å². The van der Waals surface area contributed by atoms with Crippen LogP contribution in [0, 0.1) is 0 Å². The summed E-state index contributed by atoms with van der Waals surface area (Å²) < 4.78 is 42.9.